The Kier molecular flexibility index (Phi) is 4.94. The molecule has 1 amide bonds. The number of benzene rings is 1. The van der Waals surface area contributed by atoms with Gasteiger partial charge < -0.3 is 5.32 Å². The number of rotatable bonds is 4. The van der Waals surface area contributed by atoms with Gasteiger partial charge in [0.25, 0.3) is 0 Å². The first-order valence-electron chi connectivity index (χ1n) is 6.27. The molecule has 2 rings (SSSR count). The first-order chi connectivity index (χ1) is 9.35. The molecule has 1 aromatic carbocycles. The van der Waals surface area contributed by atoms with Gasteiger partial charge in [0.2, 0.25) is 5.91 Å². The molecule has 1 aliphatic heterocycles. The Morgan fingerprint density at radius 2 is 2.10 bits per heavy atom. The monoisotopic (exact) mass is 335 g/mol. The summed E-state index contributed by atoms with van der Waals surface area (Å²) in [6.45, 7) is 0.314. The van der Waals surface area contributed by atoms with Crippen molar-refractivity contribution in [3.8, 4) is 0 Å². The Balaban J connectivity index is 1.84. The van der Waals surface area contributed by atoms with E-state index in [1.807, 2.05) is 0 Å². The Labute approximate surface area is 128 Å². The third-order valence-electron chi connectivity index (χ3n) is 3.29. The van der Waals surface area contributed by atoms with Gasteiger partial charge in [-0.25, -0.2) is 8.42 Å². The molecule has 1 aromatic rings. The number of carbonyl (C=O) groups is 1. The van der Waals surface area contributed by atoms with Gasteiger partial charge in [0.1, 0.15) is 0 Å². The fraction of sp³-hybridized carbons (Fsp3) is 0.462. The second kappa shape index (κ2) is 6.33. The van der Waals surface area contributed by atoms with Gasteiger partial charge >= 0.3 is 0 Å². The molecule has 0 aromatic heterocycles. The van der Waals surface area contributed by atoms with Crippen LogP contribution in [-0.2, 0) is 21.2 Å². The van der Waals surface area contributed by atoms with Crippen LogP contribution in [0.3, 0.4) is 0 Å². The Morgan fingerprint density at radius 1 is 1.35 bits per heavy atom. The summed E-state index contributed by atoms with van der Waals surface area (Å²) in [4.78, 5) is 11.8. The van der Waals surface area contributed by atoms with E-state index in [-0.39, 0.29) is 29.8 Å². The molecule has 1 fully saturated rings. The number of sulfone groups is 1. The molecule has 1 N–H and O–H groups in total. The Hall–Kier alpha value is -0.780. The third kappa shape index (κ3) is 4.36. The van der Waals surface area contributed by atoms with E-state index in [4.69, 9.17) is 23.2 Å². The number of amides is 1. The van der Waals surface area contributed by atoms with Crippen molar-refractivity contribution >= 4 is 38.9 Å². The first kappa shape index (κ1) is 15.6. The van der Waals surface area contributed by atoms with Gasteiger partial charge in [0.05, 0.1) is 11.5 Å². The van der Waals surface area contributed by atoms with E-state index in [1.54, 1.807) is 18.2 Å². The van der Waals surface area contributed by atoms with Gasteiger partial charge in [-0.3, -0.25) is 4.79 Å². The average Bonchev–Trinajstić information content (AvgIpc) is 2.67. The van der Waals surface area contributed by atoms with Gasteiger partial charge in [0, 0.05) is 23.0 Å². The van der Waals surface area contributed by atoms with Crippen molar-refractivity contribution in [2.75, 3.05) is 11.5 Å². The van der Waals surface area contributed by atoms with E-state index in [0.717, 1.165) is 5.56 Å². The van der Waals surface area contributed by atoms with Crippen LogP contribution in [0.15, 0.2) is 18.2 Å². The van der Waals surface area contributed by atoms with Gasteiger partial charge in [-0.1, -0.05) is 29.3 Å². The van der Waals surface area contributed by atoms with Crippen LogP contribution in [0.25, 0.3) is 0 Å². The quantitative estimate of drug-likeness (QED) is 0.919. The standard InChI is InChI=1S/C13H15Cl2NO3S/c14-11-2-1-10(12(15)6-11)7-16-13(17)5-9-3-4-20(18,19)8-9/h1-2,6,9H,3-5,7-8H2,(H,16,17)/t9-/m0/s1. The maximum atomic E-state index is 11.8. The average molecular weight is 336 g/mol. The predicted molar refractivity (Wildman–Crippen MR) is 79.7 cm³/mol. The Morgan fingerprint density at radius 3 is 2.70 bits per heavy atom. The van der Waals surface area contributed by atoms with Crippen LogP contribution in [0.4, 0.5) is 0 Å². The van der Waals surface area contributed by atoms with E-state index < -0.39 is 9.84 Å². The zero-order valence-electron chi connectivity index (χ0n) is 10.7. The van der Waals surface area contributed by atoms with Crippen molar-refractivity contribution in [2.45, 2.75) is 19.4 Å². The van der Waals surface area contributed by atoms with Crippen LogP contribution in [-0.4, -0.2) is 25.8 Å². The summed E-state index contributed by atoms with van der Waals surface area (Å²) in [6.07, 6.45) is 0.807. The van der Waals surface area contributed by atoms with Crippen LogP contribution in [0.1, 0.15) is 18.4 Å². The largest absolute Gasteiger partial charge is 0.352 e. The molecule has 7 heteroatoms. The topological polar surface area (TPSA) is 63.2 Å². The molecule has 0 aliphatic carbocycles. The molecular formula is C13H15Cl2NO3S. The lowest BCUT2D eigenvalue weighted by molar-refractivity contribution is -0.122. The van der Waals surface area contributed by atoms with Gasteiger partial charge in [-0.05, 0) is 30.0 Å². The summed E-state index contributed by atoms with van der Waals surface area (Å²) < 4.78 is 22.6. The molecule has 20 heavy (non-hydrogen) atoms. The van der Waals surface area contributed by atoms with Crippen molar-refractivity contribution in [2.24, 2.45) is 5.92 Å². The second-order valence-corrected chi connectivity index (χ2v) is 8.06. The maximum Gasteiger partial charge on any atom is 0.220 e. The lowest BCUT2D eigenvalue weighted by Crippen LogP contribution is -2.25. The molecule has 1 heterocycles. The number of hydrogen-bond donors (Lipinski definition) is 1. The zero-order valence-corrected chi connectivity index (χ0v) is 13.1. The van der Waals surface area contributed by atoms with Crippen LogP contribution in [0, 0.1) is 5.92 Å². The highest BCUT2D eigenvalue weighted by atomic mass is 35.5. The van der Waals surface area contributed by atoms with E-state index >= 15 is 0 Å². The van der Waals surface area contributed by atoms with Crippen LogP contribution < -0.4 is 5.32 Å². The minimum Gasteiger partial charge on any atom is -0.352 e. The summed E-state index contributed by atoms with van der Waals surface area (Å²) in [7, 11) is -2.94. The summed E-state index contributed by atoms with van der Waals surface area (Å²) >= 11 is 11.8. The SMILES string of the molecule is O=C(C[C@@H]1CCS(=O)(=O)C1)NCc1ccc(Cl)cc1Cl. The maximum absolute atomic E-state index is 11.8. The number of carbonyl (C=O) groups excluding carboxylic acids is 1. The molecule has 0 radical (unpaired) electrons. The first-order valence-corrected chi connectivity index (χ1v) is 8.84. The smallest absolute Gasteiger partial charge is 0.220 e. The van der Waals surface area contributed by atoms with E-state index in [0.29, 0.717) is 23.0 Å². The molecule has 1 saturated heterocycles. The fourth-order valence-electron chi connectivity index (χ4n) is 2.23. The highest BCUT2D eigenvalue weighted by molar-refractivity contribution is 7.91. The lowest BCUT2D eigenvalue weighted by atomic mass is 10.1. The van der Waals surface area contributed by atoms with Crippen molar-refractivity contribution in [3.05, 3.63) is 33.8 Å². The Bertz CT molecular complexity index is 616. The summed E-state index contributed by atoms with van der Waals surface area (Å²) in [6, 6.07) is 5.08. The fourth-order valence-corrected chi connectivity index (χ4v) is 4.56. The van der Waals surface area contributed by atoms with Gasteiger partial charge in [-0.2, -0.15) is 0 Å². The van der Waals surface area contributed by atoms with E-state index in [9.17, 15) is 13.2 Å². The predicted octanol–water partition coefficient (Wildman–Crippen LogP) is 2.43. The van der Waals surface area contributed by atoms with Crippen molar-refractivity contribution in [1.29, 1.82) is 0 Å². The number of nitrogens with one attached hydrogen (secondary N) is 1. The van der Waals surface area contributed by atoms with Gasteiger partial charge in [0.15, 0.2) is 9.84 Å². The minimum absolute atomic E-state index is 0.0688. The van der Waals surface area contributed by atoms with Crippen LogP contribution in [0.2, 0.25) is 10.0 Å². The second-order valence-electron chi connectivity index (χ2n) is 4.99. The minimum atomic E-state index is -2.94. The summed E-state index contributed by atoms with van der Waals surface area (Å²) in [5.74, 6) is 0.0783. The molecule has 1 aliphatic rings. The van der Waals surface area contributed by atoms with Crippen molar-refractivity contribution in [1.82, 2.24) is 5.32 Å². The molecule has 0 saturated carbocycles. The van der Waals surface area contributed by atoms with E-state index in [2.05, 4.69) is 5.32 Å². The molecular weight excluding hydrogens is 321 g/mol. The molecule has 0 bridgehead atoms. The number of hydrogen-bond acceptors (Lipinski definition) is 3. The summed E-state index contributed by atoms with van der Waals surface area (Å²) in [5.41, 5.74) is 0.781. The molecule has 1 atom stereocenters. The van der Waals surface area contributed by atoms with E-state index in [1.165, 1.54) is 0 Å². The van der Waals surface area contributed by atoms with Crippen molar-refractivity contribution in [3.63, 3.8) is 0 Å². The van der Waals surface area contributed by atoms with Crippen LogP contribution in [0.5, 0.6) is 0 Å². The number of halogens is 2. The highest BCUT2D eigenvalue weighted by Crippen LogP contribution is 2.22. The molecule has 0 unspecified atom stereocenters. The van der Waals surface area contributed by atoms with Crippen LogP contribution >= 0.6 is 23.2 Å². The van der Waals surface area contributed by atoms with Gasteiger partial charge in [-0.15, -0.1) is 0 Å². The molecule has 4 nitrogen and oxygen atoms in total. The molecule has 0 spiro atoms. The highest BCUT2D eigenvalue weighted by Gasteiger charge is 2.29. The molecule has 110 valence electrons. The van der Waals surface area contributed by atoms with Crippen molar-refractivity contribution < 1.29 is 13.2 Å². The lowest BCUT2D eigenvalue weighted by Gasteiger charge is -2.10. The zero-order chi connectivity index (χ0) is 14.8. The third-order valence-corrected chi connectivity index (χ3v) is 5.72. The normalized spacial score (nSPS) is 20.8. The summed E-state index contributed by atoms with van der Waals surface area (Å²) in [5, 5.41) is 3.80.